The number of rotatable bonds is 4. The van der Waals surface area contributed by atoms with Crippen LogP contribution in [0.4, 0.5) is 5.69 Å². The number of anilines is 1. The molecule has 196 valence electrons. The highest BCUT2D eigenvalue weighted by Gasteiger charge is 2.80. The lowest BCUT2D eigenvalue weighted by Crippen LogP contribution is -2.63. The van der Waals surface area contributed by atoms with Gasteiger partial charge in [-0.2, -0.15) is 0 Å². The highest BCUT2D eigenvalue weighted by atomic mass is 16.6. The Morgan fingerprint density at radius 1 is 1.24 bits per heavy atom. The van der Waals surface area contributed by atoms with Crippen molar-refractivity contribution in [3.8, 4) is 0 Å². The number of para-hydroxylation sites is 1. The van der Waals surface area contributed by atoms with Gasteiger partial charge < -0.3 is 24.4 Å². The summed E-state index contributed by atoms with van der Waals surface area (Å²) in [6, 6.07) is 8.48. The van der Waals surface area contributed by atoms with Crippen molar-refractivity contribution >= 4 is 17.6 Å². The Hall–Kier alpha value is -2.22. The topological polar surface area (TPSA) is 79.3 Å². The summed E-state index contributed by atoms with van der Waals surface area (Å²) in [6.07, 6.45) is 3.51. The van der Waals surface area contributed by atoms with Gasteiger partial charge >= 0.3 is 5.97 Å². The Bertz CT molecular complexity index is 1220. The minimum Gasteiger partial charge on any atom is -0.462 e. The summed E-state index contributed by atoms with van der Waals surface area (Å²) in [4.78, 5) is 32.5. The number of esters is 1. The molecule has 6 fully saturated rings. The molecule has 5 bridgehead atoms. The van der Waals surface area contributed by atoms with E-state index < -0.39 is 11.3 Å². The first-order valence-electron chi connectivity index (χ1n) is 14.1. The van der Waals surface area contributed by atoms with Crippen molar-refractivity contribution < 1.29 is 24.2 Å². The molecule has 4 heterocycles. The minimum absolute atomic E-state index is 0.0149. The lowest BCUT2D eigenvalue weighted by Gasteiger charge is -2.54. The van der Waals surface area contributed by atoms with Crippen LogP contribution in [0.25, 0.3) is 0 Å². The Morgan fingerprint density at radius 3 is 2.84 bits per heavy atom. The van der Waals surface area contributed by atoms with E-state index in [1.807, 2.05) is 23.1 Å². The number of aliphatic hydroxyl groups excluding tert-OH is 1. The van der Waals surface area contributed by atoms with Crippen LogP contribution in [0.3, 0.4) is 0 Å². The van der Waals surface area contributed by atoms with Gasteiger partial charge in [0.05, 0.1) is 18.6 Å². The maximum absolute atomic E-state index is 15.0. The number of carbonyl (C=O) groups is 2. The molecule has 0 aromatic heterocycles. The van der Waals surface area contributed by atoms with Gasteiger partial charge in [-0.25, -0.2) is 0 Å². The third-order valence-corrected chi connectivity index (χ3v) is 12.1. The zero-order chi connectivity index (χ0) is 25.4. The van der Waals surface area contributed by atoms with Crippen LogP contribution in [0.1, 0.15) is 25.3 Å². The molecule has 7 heteroatoms. The van der Waals surface area contributed by atoms with E-state index in [-0.39, 0.29) is 59.9 Å². The molecule has 1 N–H and O–H groups in total. The first-order chi connectivity index (χ1) is 17.9. The fourth-order valence-electron chi connectivity index (χ4n) is 10.9. The molecule has 1 aromatic carbocycles. The van der Waals surface area contributed by atoms with E-state index in [0.717, 1.165) is 30.6 Å². The van der Waals surface area contributed by atoms with Crippen LogP contribution in [0.2, 0.25) is 0 Å². The zero-order valence-corrected chi connectivity index (χ0v) is 21.6. The predicted octanol–water partition coefficient (Wildman–Crippen LogP) is 2.23. The van der Waals surface area contributed by atoms with Crippen molar-refractivity contribution in [2.45, 2.75) is 43.4 Å². The Balaban J connectivity index is 1.25. The van der Waals surface area contributed by atoms with E-state index in [1.165, 1.54) is 0 Å². The monoisotopic (exact) mass is 504 g/mol. The van der Waals surface area contributed by atoms with E-state index in [0.29, 0.717) is 30.9 Å². The van der Waals surface area contributed by atoms with Crippen molar-refractivity contribution in [3.05, 3.63) is 42.5 Å². The molecule has 4 aliphatic heterocycles. The van der Waals surface area contributed by atoms with Crippen molar-refractivity contribution in [2.75, 3.05) is 38.3 Å². The average Bonchev–Trinajstić information content (AvgIpc) is 3.57. The van der Waals surface area contributed by atoms with Gasteiger partial charge in [0.2, 0.25) is 5.91 Å². The summed E-state index contributed by atoms with van der Waals surface area (Å²) in [6.45, 7) is 8.45. The first kappa shape index (κ1) is 22.7. The lowest BCUT2D eigenvalue weighted by molar-refractivity contribution is -0.155. The Labute approximate surface area is 217 Å². The second-order valence-electron chi connectivity index (χ2n) is 13.0. The Kier molecular flexibility index (Phi) is 4.45. The maximum atomic E-state index is 15.0. The number of nitrogens with zero attached hydrogens (tertiary/aromatic N) is 2. The molecule has 1 amide bonds. The first-order valence-corrected chi connectivity index (χ1v) is 14.1. The highest BCUT2D eigenvalue weighted by molar-refractivity contribution is 6.10. The molecule has 1 spiro atoms. The number of hydrogen-bond donors (Lipinski definition) is 1. The van der Waals surface area contributed by atoms with Crippen LogP contribution in [0.15, 0.2) is 36.9 Å². The molecule has 7 nitrogen and oxygen atoms in total. The molecule has 3 aliphatic carbocycles. The van der Waals surface area contributed by atoms with Gasteiger partial charge in [-0.1, -0.05) is 31.2 Å². The maximum Gasteiger partial charge on any atom is 0.311 e. The van der Waals surface area contributed by atoms with Crippen LogP contribution in [-0.4, -0.2) is 73.5 Å². The van der Waals surface area contributed by atoms with Crippen LogP contribution in [0, 0.1) is 46.8 Å². The smallest absolute Gasteiger partial charge is 0.311 e. The molecule has 3 saturated carbocycles. The van der Waals surface area contributed by atoms with Crippen molar-refractivity contribution in [3.63, 3.8) is 0 Å². The summed E-state index contributed by atoms with van der Waals surface area (Å²) >= 11 is 0. The van der Waals surface area contributed by atoms with E-state index in [9.17, 15) is 14.7 Å². The summed E-state index contributed by atoms with van der Waals surface area (Å²) < 4.78 is 12.4. The summed E-state index contributed by atoms with van der Waals surface area (Å²) in [7, 11) is 2.19. The largest absolute Gasteiger partial charge is 0.462 e. The van der Waals surface area contributed by atoms with Crippen molar-refractivity contribution in [2.24, 2.45) is 46.8 Å². The van der Waals surface area contributed by atoms with E-state index in [1.54, 1.807) is 0 Å². The number of fused-ring (bicyclic) bond motifs is 6. The molecule has 1 aromatic rings. The average molecular weight is 505 g/mol. The molecule has 12 atom stereocenters. The zero-order valence-electron chi connectivity index (χ0n) is 21.6. The van der Waals surface area contributed by atoms with Gasteiger partial charge in [0.1, 0.15) is 11.5 Å². The van der Waals surface area contributed by atoms with Gasteiger partial charge in [-0.15, -0.1) is 6.58 Å². The minimum atomic E-state index is -0.775. The van der Waals surface area contributed by atoms with Crippen LogP contribution in [0.5, 0.6) is 0 Å². The molecule has 3 saturated heterocycles. The number of aliphatic hydroxyl groups is 1. The van der Waals surface area contributed by atoms with E-state index in [4.69, 9.17) is 9.47 Å². The number of likely N-dealkylation sites (tertiary alicyclic amines) is 1. The van der Waals surface area contributed by atoms with Gasteiger partial charge in [0.15, 0.2) is 0 Å². The third-order valence-electron chi connectivity index (χ3n) is 12.1. The SMILES string of the molecule is C=C[C@@]12CN(C)C3C1[C@@]1(C(=O)N(C[C@@H]4C(=O)O[C@H]5C[C@H](C)[C@@H](CO)[C@H]54)c4ccccc41)[C@H]1C[C@@H]2[C@@H]3CO1. The fraction of sp³-hybridized carbons (Fsp3) is 0.667. The van der Waals surface area contributed by atoms with Crippen molar-refractivity contribution in [1.82, 2.24) is 4.90 Å². The number of ether oxygens (including phenoxy) is 2. The molecule has 7 aliphatic rings. The quantitative estimate of drug-likeness (QED) is 0.501. The summed E-state index contributed by atoms with van der Waals surface area (Å²) in [5, 5.41) is 10.2. The summed E-state index contributed by atoms with van der Waals surface area (Å²) in [5.74, 6) is 0.713. The number of amides is 1. The molecule has 2 unspecified atom stereocenters. The predicted molar refractivity (Wildman–Crippen MR) is 136 cm³/mol. The number of carbonyl (C=O) groups excluding carboxylic acids is 2. The molecule has 0 radical (unpaired) electrons. The fourth-order valence-corrected chi connectivity index (χ4v) is 10.9. The second-order valence-corrected chi connectivity index (χ2v) is 13.0. The molecular weight excluding hydrogens is 468 g/mol. The van der Waals surface area contributed by atoms with Gasteiger partial charge in [0, 0.05) is 54.6 Å². The molecule has 37 heavy (non-hydrogen) atoms. The van der Waals surface area contributed by atoms with E-state index in [2.05, 4.69) is 37.6 Å². The standard InChI is InChI=1S/C30H36N2O5/c1-4-29-14-31(3)25-18-13-36-23(10-20(18)29)30(26(25)29)19-7-5-6-8-21(19)32(28(30)35)11-16-24-17(12-33)15(2)9-22(24)37-27(16)34/h4-8,15-18,20,22-26,33H,1,9-14H2,2-3H3/t15-,16-,17+,18-,20+,22-,23+,24+,25?,26?,29-,30-/m0/s1. The van der Waals surface area contributed by atoms with Gasteiger partial charge in [0.25, 0.3) is 0 Å². The second kappa shape index (κ2) is 7.25. The Morgan fingerprint density at radius 2 is 2.05 bits per heavy atom. The number of benzene rings is 1. The highest BCUT2D eigenvalue weighted by Crippen LogP contribution is 2.74. The van der Waals surface area contributed by atoms with E-state index >= 15 is 0 Å². The van der Waals surface area contributed by atoms with Crippen molar-refractivity contribution in [1.29, 1.82) is 0 Å². The van der Waals surface area contributed by atoms with Gasteiger partial charge in [-0.05, 0) is 49.3 Å². The van der Waals surface area contributed by atoms with Crippen LogP contribution < -0.4 is 4.90 Å². The third kappa shape index (κ3) is 2.38. The molecular formula is C30H36N2O5. The number of piperidine rings is 1. The number of hydrogen-bond acceptors (Lipinski definition) is 6. The van der Waals surface area contributed by atoms with Crippen LogP contribution in [-0.2, 0) is 24.5 Å². The van der Waals surface area contributed by atoms with Crippen LogP contribution >= 0.6 is 0 Å². The normalized spacial score (nSPS) is 50.7. The lowest BCUT2D eigenvalue weighted by atomic mass is 9.51. The molecule has 8 rings (SSSR count). The van der Waals surface area contributed by atoms with Gasteiger partial charge in [-0.3, -0.25) is 9.59 Å². The summed E-state index contributed by atoms with van der Waals surface area (Å²) in [5.41, 5.74) is 1.09.